The minimum Gasteiger partial charge on any atom is -0.379 e. The van der Waals surface area contributed by atoms with E-state index >= 15 is 0 Å². The molecule has 1 saturated carbocycles. The third-order valence-corrected chi connectivity index (χ3v) is 8.00. The summed E-state index contributed by atoms with van der Waals surface area (Å²) in [5.74, 6) is 0. The highest BCUT2D eigenvalue weighted by molar-refractivity contribution is 7.99. The molecule has 1 heterocycles. The average Bonchev–Trinajstić information content (AvgIpc) is 2.89. The molecule has 2 aromatic carbocycles. The second kappa shape index (κ2) is 13.1. The van der Waals surface area contributed by atoms with Crippen molar-refractivity contribution in [1.82, 2.24) is 15.1 Å². The van der Waals surface area contributed by atoms with Gasteiger partial charge < -0.3 is 15.0 Å². The van der Waals surface area contributed by atoms with Crippen LogP contribution in [0.25, 0.3) is 0 Å². The number of carbonyl (C=O) groups is 1. The number of benzene rings is 2. The van der Waals surface area contributed by atoms with Crippen LogP contribution in [0.5, 0.6) is 0 Å². The predicted molar refractivity (Wildman–Crippen MR) is 141 cm³/mol. The van der Waals surface area contributed by atoms with Crippen molar-refractivity contribution >= 4 is 23.5 Å². The number of carbonyl (C=O) groups excluding carboxylic acids is 1. The number of nitrogens with one attached hydrogen (secondary N) is 1. The number of rotatable bonds is 9. The van der Waals surface area contributed by atoms with Gasteiger partial charge in [0.2, 0.25) is 0 Å². The first-order valence-electron chi connectivity index (χ1n) is 12.9. The predicted octanol–water partition coefficient (Wildman–Crippen LogP) is 5.23. The molecule has 0 atom stereocenters. The molecule has 0 unspecified atom stereocenters. The van der Waals surface area contributed by atoms with Gasteiger partial charge in [-0.25, -0.2) is 4.79 Å². The first-order valence-corrected chi connectivity index (χ1v) is 13.7. The van der Waals surface area contributed by atoms with E-state index in [1.54, 1.807) is 30.0 Å². The SMILES string of the molecule is Cc1ccc(Sc2ccc([N+](=O)[O-])cc2CN(CCN2CCOCC2)C(=O)NC2CCCCC2)cc1. The Kier molecular flexibility index (Phi) is 9.60. The lowest BCUT2D eigenvalue weighted by Gasteiger charge is -2.32. The van der Waals surface area contributed by atoms with Crippen LogP contribution in [0.4, 0.5) is 10.5 Å². The number of ether oxygens (including phenoxy) is 1. The van der Waals surface area contributed by atoms with Crippen LogP contribution >= 0.6 is 11.8 Å². The fraction of sp³-hybridized carbons (Fsp3) is 0.519. The quantitative estimate of drug-likeness (QED) is 0.366. The van der Waals surface area contributed by atoms with Gasteiger partial charge in [0.15, 0.2) is 0 Å². The van der Waals surface area contributed by atoms with Crippen LogP contribution in [0.1, 0.15) is 43.2 Å². The molecule has 36 heavy (non-hydrogen) atoms. The molecule has 1 aliphatic carbocycles. The van der Waals surface area contributed by atoms with E-state index in [0.29, 0.717) is 26.3 Å². The van der Waals surface area contributed by atoms with Gasteiger partial charge in [0.1, 0.15) is 0 Å². The fourth-order valence-corrected chi connectivity index (χ4v) is 5.61. The highest BCUT2D eigenvalue weighted by Gasteiger charge is 2.23. The summed E-state index contributed by atoms with van der Waals surface area (Å²) in [6.45, 7) is 6.77. The number of non-ortho nitro benzene ring substituents is 1. The largest absolute Gasteiger partial charge is 0.379 e. The molecule has 1 saturated heterocycles. The second-order valence-electron chi connectivity index (χ2n) is 9.62. The maximum absolute atomic E-state index is 13.4. The van der Waals surface area contributed by atoms with Gasteiger partial charge in [-0.1, -0.05) is 48.7 Å². The van der Waals surface area contributed by atoms with Gasteiger partial charge in [-0.05, 0) is 43.5 Å². The van der Waals surface area contributed by atoms with E-state index in [9.17, 15) is 14.9 Å². The summed E-state index contributed by atoms with van der Waals surface area (Å²) in [6, 6.07) is 13.3. The van der Waals surface area contributed by atoms with Crippen molar-refractivity contribution in [3.05, 3.63) is 63.7 Å². The van der Waals surface area contributed by atoms with E-state index in [1.165, 1.54) is 12.0 Å². The highest BCUT2D eigenvalue weighted by Crippen LogP contribution is 2.33. The Bertz CT molecular complexity index is 1020. The van der Waals surface area contributed by atoms with Crippen molar-refractivity contribution in [3.8, 4) is 0 Å². The zero-order chi connectivity index (χ0) is 25.3. The molecule has 2 aliphatic rings. The van der Waals surface area contributed by atoms with E-state index in [0.717, 1.165) is 60.7 Å². The molecule has 2 fully saturated rings. The molecule has 1 N–H and O–H groups in total. The number of nitrogens with zero attached hydrogens (tertiary/aromatic N) is 3. The third-order valence-electron chi connectivity index (χ3n) is 6.87. The van der Waals surface area contributed by atoms with Crippen LogP contribution in [0, 0.1) is 17.0 Å². The summed E-state index contributed by atoms with van der Waals surface area (Å²) in [6.07, 6.45) is 5.52. The standard InChI is InChI=1S/C27H36N4O4S/c1-21-7-10-25(11-8-21)36-26-12-9-24(31(33)34)19-22(26)20-30(14-13-29-15-17-35-18-16-29)27(32)28-23-5-3-2-4-6-23/h7-12,19,23H,2-6,13-18,20H2,1H3,(H,28,32). The zero-order valence-corrected chi connectivity index (χ0v) is 21.8. The first kappa shape index (κ1) is 26.4. The summed E-state index contributed by atoms with van der Waals surface area (Å²) in [5.41, 5.74) is 2.01. The lowest BCUT2D eigenvalue weighted by Crippen LogP contribution is -2.48. The van der Waals surface area contributed by atoms with Gasteiger partial charge in [0.25, 0.3) is 5.69 Å². The number of hydrogen-bond donors (Lipinski definition) is 1. The maximum atomic E-state index is 13.4. The maximum Gasteiger partial charge on any atom is 0.317 e. The Hall–Kier alpha value is -2.62. The number of amides is 2. The summed E-state index contributed by atoms with van der Waals surface area (Å²) < 4.78 is 5.46. The molecule has 0 aromatic heterocycles. The molecule has 2 amide bonds. The smallest absolute Gasteiger partial charge is 0.317 e. The van der Waals surface area contributed by atoms with E-state index in [2.05, 4.69) is 34.5 Å². The second-order valence-corrected chi connectivity index (χ2v) is 10.7. The van der Waals surface area contributed by atoms with Crippen molar-refractivity contribution in [2.24, 2.45) is 0 Å². The molecular formula is C27H36N4O4S. The van der Waals surface area contributed by atoms with Gasteiger partial charge in [-0.2, -0.15) is 0 Å². The molecule has 4 rings (SSSR count). The van der Waals surface area contributed by atoms with E-state index < -0.39 is 0 Å². The van der Waals surface area contributed by atoms with E-state index in [-0.39, 0.29) is 22.7 Å². The zero-order valence-electron chi connectivity index (χ0n) is 21.0. The topological polar surface area (TPSA) is 88.0 Å². The molecule has 2 aromatic rings. The van der Waals surface area contributed by atoms with E-state index in [4.69, 9.17) is 4.74 Å². The van der Waals surface area contributed by atoms with Gasteiger partial charge in [-0.3, -0.25) is 15.0 Å². The summed E-state index contributed by atoms with van der Waals surface area (Å²) in [7, 11) is 0. The minimum absolute atomic E-state index is 0.0408. The number of hydrogen-bond acceptors (Lipinski definition) is 6. The van der Waals surface area contributed by atoms with Gasteiger partial charge >= 0.3 is 6.03 Å². The molecule has 0 spiro atoms. The number of nitro benzene ring substituents is 1. The Morgan fingerprint density at radius 1 is 1.14 bits per heavy atom. The van der Waals surface area contributed by atoms with Crippen molar-refractivity contribution in [2.75, 3.05) is 39.4 Å². The minimum atomic E-state index is -0.371. The van der Waals surface area contributed by atoms with Gasteiger partial charge in [0, 0.05) is 60.7 Å². The van der Waals surface area contributed by atoms with Crippen molar-refractivity contribution in [1.29, 1.82) is 0 Å². The summed E-state index contributed by atoms with van der Waals surface area (Å²) in [4.78, 5) is 30.7. The van der Waals surface area contributed by atoms with E-state index in [1.807, 2.05) is 11.8 Å². The van der Waals surface area contributed by atoms with Crippen LogP contribution < -0.4 is 5.32 Å². The Labute approximate surface area is 217 Å². The Morgan fingerprint density at radius 2 is 1.86 bits per heavy atom. The molecule has 9 heteroatoms. The molecule has 0 bridgehead atoms. The first-order chi connectivity index (χ1) is 17.5. The van der Waals surface area contributed by atoms with Crippen molar-refractivity contribution in [3.63, 3.8) is 0 Å². The van der Waals surface area contributed by atoms with Crippen molar-refractivity contribution in [2.45, 2.75) is 61.4 Å². The van der Waals surface area contributed by atoms with Crippen LogP contribution in [-0.2, 0) is 11.3 Å². The van der Waals surface area contributed by atoms with Crippen LogP contribution in [0.2, 0.25) is 0 Å². The summed E-state index contributed by atoms with van der Waals surface area (Å²) >= 11 is 1.57. The average molecular weight is 513 g/mol. The molecule has 0 radical (unpaired) electrons. The molecule has 194 valence electrons. The summed E-state index contributed by atoms with van der Waals surface area (Å²) in [5, 5.41) is 14.8. The molecule has 8 nitrogen and oxygen atoms in total. The van der Waals surface area contributed by atoms with Crippen LogP contribution in [0.15, 0.2) is 52.3 Å². The third kappa shape index (κ3) is 7.69. The monoisotopic (exact) mass is 512 g/mol. The van der Waals surface area contributed by atoms with Crippen molar-refractivity contribution < 1.29 is 14.5 Å². The van der Waals surface area contributed by atoms with Gasteiger partial charge in [0.05, 0.1) is 18.1 Å². The number of aryl methyl sites for hydroxylation is 1. The number of morpholine rings is 1. The van der Waals surface area contributed by atoms with Crippen LogP contribution in [-0.4, -0.2) is 66.2 Å². The van der Waals surface area contributed by atoms with Gasteiger partial charge in [-0.15, -0.1) is 0 Å². The lowest BCUT2D eigenvalue weighted by atomic mass is 9.96. The number of nitro groups is 1. The fourth-order valence-electron chi connectivity index (χ4n) is 4.69. The molecule has 1 aliphatic heterocycles. The lowest BCUT2D eigenvalue weighted by molar-refractivity contribution is -0.385. The normalized spacial score (nSPS) is 17.0. The molecular weight excluding hydrogens is 476 g/mol. The van der Waals surface area contributed by atoms with Crippen LogP contribution in [0.3, 0.4) is 0 Å². The highest BCUT2D eigenvalue weighted by atomic mass is 32.2. The Morgan fingerprint density at radius 3 is 2.56 bits per heavy atom. The number of urea groups is 1. The Balaban J connectivity index is 1.55.